The van der Waals surface area contributed by atoms with Crippen LogP contribution in [0.3, 0.4) is 0 Å². The Morgan fingerprint density at radius 2 is 1.66 bits per heavy atom. The number of hydrogen-bond donors (Lipinski definition) is 2. The molecule has 0 atom stereocenters. The van der Waals surface area contributed by atoms with Gasteiger partial charge in [-0.3, -0.25) is 14.4 Å². The lowest BCUT2D eigenvalue weighted by atomic mass is 10.2. The molecule has 0 fully saturated rings. The highest BCUT2D eigenvalue weighted by Gasteiger charge is 2.30. The Bertz CT molecular complexity index is 978. The minimum absolute atomic E-state index is 0.0500. The average Bonchev–Trinajstić information content (AvgIpc) is 2.76. The summed E-state index contributed by atoms with van der Waals surface area (Å²) in [4.78, 5) is 35.6. The number of methoxy groups -OCH3 is 2. The molecule has 0 saturated carbocycles. The molecule has 0 aromatic heterocycles. The van der Waals surface area contributed by atoms with Gasteiger partial charge in [0.15, 0.2) is 6.61 Å². The zero-order valence-electron chi connectivity index (χ0n) is 17.2. The van der Waals surface area contributed by atoms with Crippen LogP contribution in [0.1, 0.15) is 18.4 Å². The van der Waals surface area contributed by atoms with Crippen molar-refractivity contribution >= 4 is 29.2 Å². The van der Waals surface area contributed by atoms with Crippen molar-refractivity contribution < 1.29 is 41.8 Å². The third-order valence-corrected chi connectivity index (χ3v) is 4.08. The molecule has 2 rings (SSSR count). The van der Waals surface area contributed by atoms with E-state index in [4.69, 9.17) is 14.2 Å². The van der Waals surface area contributed by atoms with Crippen LogP contribution in [0.25, 0.3) is 0 Å². The molecular weight excluding hydrogens is 433 g/mol. The molecule has 11 heteroatoms. The van der Waals surface area contributed by atoms with E-state index in [0.717, 1.165) is 18.2 Å². The van der Waals surface area contributed by atoms with Gasteiger partial charge in [0.05, 0.1) is 31.9 Å². The van der Waals surface area contributed by atoms with Crippen LogP contribution in [0.5, 0.6) is 11.5 Å². The minimum atomic E-state index is -4.54. The molecule has 2 aromatic carbocycles. The lowest BCUT2D eigenvalue weighted by molar-refractivity contribution is -0.147. The quantitative estimate of drug-likeness (QED) is 0.561. The fourth-order valence-electron chi connectivity index (χ4n) is 2.52. The van der Waals surface area contributed by atoms with Crippen LogP contribution >= 0.6 is 0 Å². The largest absolute Gasteiger partial charge is 0.497 e. The number of carbonyl (C=O) groups excluding carboxylic acids is 3. The lowest BCUT2D eigenvalue weighted by Gasteiger charge is -2.12. The number of ether oxygens (including phenoxy) is 3. The molecule has 0 aliphatic heterocycles. The Balaban J connectivity index is 1.77. The van der Waals surface area contributed by atoms with Crippen molar-refractivity contribution in [2.24, 2.45) is 0 Å². The predicted molar refractivity (Wildman–Crippen MR) is 108 cm³/mol. The zero-order chi connectivity index (χ0) is 23.7. The summed E-state index contributed by atoms with van der Waals surface area (Å²) in [6.45, 7) is -0.594. The molecule has 0 heterocycles. The van der Waals surface area contributed by atoms with Gasteiger partial charge >= 0.3 is 12.1 Å². The maximum absolute atomic E-state index is 12.7. The molecule has 0 aliphatic rings. The second kappa shape index (κ2) is 11.0. The van der Waals surface area contributed by atoms with E-state index >= 15 is 0 Å². The van der Waals surface area contributed by atoms with E-state index in [1.54, 1.807) is 18.2 Å². The molecule has 0 radical (unpaired) electrons. The van der Waals surface area contributed by atoms with Crippen LogP contribution < -0.4 is 20.1 Å². The van der Waals surface area contributed by atoms with Crippen molar-refractivity contribution in [2.75, 3.05) is 31.5 Å². The maximum Gasteiger partial charge on any atom is 0.416 e. The molecule has 2 N–H and O–H groups in total. The number of rotatable bonds is 9. The Morgan fingerprint density at radius 3 is 2.31 bits per heavy atom. The average molecular weight is 454 g/mol. The van der Waals surface area contributed by atoms with Crippen molar-refractivity contribution in [3.05, 3.63) is 48.0 Å². The molecular formula is C21H21F3N2O6. The van der Waals surface area contributed by atoms with Crippen LogP contribution in [-0.4, -0.2) is 38.6 Å². The summed E-state index contributed by atoms with van der Waals surface area (Å²) in [6.07, 6.45) is -5.23. The van der Waals surface area contributed by atoms with Gasteiger partial charge in [-0.15, -0.1) is 0 Å². The van der Waals surface area contributed by atoms with Crippen LogP contribution in [-0.2, 0) is 25.3 Å². The number of carbonyl (C=O) groups is 3. The fraction of sp³-hybridized carbons (Fsp3) is 0.286. The summed E-state index contributed by atoms with van der Waals surface area (Å²) < 4.78 is 53.1. The third kappa shape index (κ3) is 7.49. The lowest BCUT2D eigenvalue weighted by Crippen LogP contribution is -2.22. The number of alkyl halides is 3. The Hall–Kier alpha value is -3.76. The summed E-state index contributed by atoms with van der Waals surface area (Å²) in [5.74, 6) is -1.25. The van der Waals surface area contributed by atoms with E-state index in [1.165, 1.54) is 20.3 Å². The Kier molecular flexibility index (Phi) is 8.45. The summed E-state index contributed by atoms with van der Waals surface area (Å²) >= 11 is 0. The topological polar surface area (TPSA) is 103 Å². The van der Waals surface area contributed by atoms with E-state index in [2.05, 4.69) is 10.6 Å². The van der Waals surface area contributed by atoms with E-state index in [-0.39, 0.29) is 18.5 Å². The van der Waals surface area contributed by atoms with E-state index < -0.39 is 36.1 Å². The zero-order valence-corrected chi connectivity index (χ0v) is 17.2. The number of nitrogens with one attached hydrogen (secondary N) is 2. The minimum Gasteiger partial charge on any atom is -0.497 e. The van der Waals surface area contributed by atoms with Gasteiger partial charge in [-0.25, -0.2) is 0 Å². The number of hydrogen-bond acceptors (Lipinski definition) is 6. The molecule has 0 bridgehead atoms. The summed E-state index contributed by atoms with van der Waals surface area (Å²) in [5.41, 5.74) is -0.616. The van der Waals surface area contributed by atoms with Gasteiger partial charge in [0, 0.05) is 18.2 Å². The van der Waals surface area contributed by atoms with Crippen molar-refractivity contribution in [1.82, 2.24) is 0 Å². The molecule has 2 aromatic rings. The van der Waals surface area contributed by atoms with Gasteiger partial charge in [0.25, 0.3) is 5.91 Å². The monoisotopic (exact) mass is 454 g/mol. The van der Waals surface area contributed by atoms with Crippen molar-refractivity contribution in [3.63, 3.8) is 0 Å². The second-order valence-corrected chi connectivity index (χ2v) is 6.40. The van der Waals surface area contributed by atoms with Crippen molar-refractivity contribution in [1.29, 1.82) is 0 Å². The van der Waals surface area contributed by atoms with E-state index in [9.17, 15) is 27.6 Å². The van der Waals surface area contributed by atoms with Gasteiger partial charge in [-0.2, -0.15) is 13.2 Å². The van der Waals surface area contributed by atoms with Crippen molar-refractivity contribution in [3.8, 4) is 11.5 Å². The first-order valence-corrected chi connectivity index (χ1v) is 9.27. The maximum atomic E-state index is 12.7. The van der Waals surface area contributed by atoms with Crippen LogP contribution in [0, 0.1) is 0 Å². The summed E-state index contributed by atoms with van der Waals surface area (Å²) in [7, 11) is 2.89. The predicted octanol–water partition coefficient (Wildman–Crippen LogP) is 3.62. The standard InChI is InChI=1S/C21H21F3N2O6/c1-30-15-6-7-16(17(11-15)31-2)26-19(28)12-32-20(29)9-8-18(27)25-14-5-3-4-13(10-14)21(22,23)24/h3-7,10-11H,8-9,12H2,1-2H3,(H,25,27)(H,26,28). The number of anilines is 2. The number of esters is 1. The first-order chi connectivity index (χ1) is 15.1. The van der Waals surface area contributed by atoms with Gasteiger partial charge in [0.2, 0.25) is 5.91 Å². The summed E-state index contributed by atoms with van der Waals surface area (Å²) in [5, 5.41) is 4.79. The number of benzene rings is 2. The number of amides is 2. The fourth-order valence-corrected chi connectivity index (χ4v) is 2.52. The Labute approximate surface area is 181 Å². The molecule has 172 valence electrons. The first-order valence-electron chi connectivity index (χ1n) is 9.27. The molecule has 0 aliphatic carbocycles. The van der Waals surface area contributed by atoms with E-state index in [0.29, 0.717) is 17.2 Å². The normalized spacial score (nSPS) is 10.8. The number of halogens is 3. The molecule has 32 heavy (non-hydrogen) atoms. The van der Waals surface area contributed by atoms with Crippen LogP contribution in [0.15, 0.2) is 42.5 Å². The molecule has 8 nitrogen and oxygen atoms in total. The molecule has 0 unspecified atom stereocenters. The first kappa shape index (κ1) is 24.5. The van der Waals surface area contributed by atoms with Crippen LogP contribution in [0.4, 0.5) is 24.5 Å². The van der Waals surface area contributed by atoms with Gasteiger partial charge in [-0.1, -0.05) is 6.07 Å². The third-order valence-electron chi connectivity index (χ3n) is 4.08. The van der Waals surface area contributed by atoms with Gasteiger partial charge in [0.1, 0.15) is 11.5 Å². The van der Waals surface area contributed by atoms with Gasteiger partial charge < -0.3 is 24.8 Å². The molecule has 0 spiro atoms. The SMILES string of the molecule is COc1ccc(NC(=O)COC(=O)CCC(=O)Nc2cccc(C(F)(F)F)c2)c(OC)c1. The van der Waals surface area contributed by atoms with E-state index in [1.807, 2.05) is 0 Å². The second-order valence-electron chi connectivity index (χ2n) is 6.40. The van der Waals surface area contributed by atoms with Crippen LogP contribution in [0.2, 0.25) is 0 Å². The van der Waals surface area contributed by atoms with Gasteiger partial charge in [-0.05, 0) is 30.3 Å². The summed E-state index contributed by atoms with van der Waals surface area (Å²) in [6, 6.07) is 8.83. The smallest absolute Gasteiger partial charge is 0.416 e. The molecule has 0 saturated heterocycles. The Morgan fingerprint density at radius 1 is 0.906 bits per heavy atom. The highest BCUT2D eigenvalue weighted by molar-refractivity contribution is 5.95. The molecule has 2 amide bonds. The highest BCUT2D eigenvalue weighted by Crippen LogP contribution is 2.31. The van der Waals surface area contributed by atoms with Crippen molar-refractivity contribution in [2.45, 2.75) is 19.0 Å². The highest BCUT2D eigenvalue weighted by atomic mass is 19.4.